The van der Waals surface area contributed by atoms with Crippen LogP contribution in [0.5, 0.6) is 0 Å². The zero-order valence-electron chi connectivity index (χ0n) is 10.7. The Balaban J connectivity index is 2.24. The van der Waals surface area contributed by atoms with Crippen LogP contribution in [-0.2, 0) is 4.79 Å². The summed E-state index contributed by atoms with van der Waals surface area (Å²) in [6, 6.07) is 0. The first-order valence-corrected chi connectivity index (χ1v) is 6.51. The van der Waals surface area contributed by atoms with Gasteiger partial charge in [-0.15, -0.1) is 0 Å². The van der Waals surface area contributed by atoms with E-state index < -0.39 is 5.41 Å². The van der Waals surface area contributed by atoms with Crippen LogP contribution >= 0.6 is 12.2 Å². The van der Waals surface area contributed by atoms with Crippen LogP contribution in [0.4, 0.5) is 5.69 Å². The van der Waals surface area contributed by atoms with Crippen LogP contribution < -0.4 is 11.1 Å². The minimum atomic E-state index is -0.675. The van der Waals surface area contributed by atoms with E-state index in [4.69, 9.17) is 18.0 Å². The van der Waals surface area contributed by atoms with E-state index in [-0.39, 0.29) is 5.91 Å². The van der Waals surface area contributed by atoms with Gasteiger partial charge in [-0.1, -0.05) is 25.1 Å². The Morgan fingerprint density at radius 2 is 2.06 bits per heavy atom. The Bertz CT molecular complexity index is 469. The molecule has 1 aromatic rings. The summed E-state index contributed by atoms with van der Waals surface area (Å²) in [5.41, 5.74) is 7.47. The van der Waals surface area contributed by atoms with E-state index in [0.29, 0.717) is 4.99 Å². The number of rotatable bonds is 3. The molecule has 0 aliphatic heterocycles. The summed E-state index contributed by atoms with van der Waals surface area (Å²) in [5.74, 6) is -0.0971. The molecule has 0 aromatic carbocycles. The number of thiocarbonyl (C=S) groups is 1. The number of nitrogens with one attached hydrogen (secondary N) is 2. The van der Waals surface area contributed by atoms with Crippen LogP contribution in [0.15, 0.2) is 0 Å². The minimum Gasteiger partial charge on any atom is -0.392 e. The summed E-state index contributed by atoms with van der Waals surface area (Å²) >= 11 is 5.10. The third-order valence-electron chi connectivity index (χ3n) is 3.73. The number of aromatic amines is 1. The maximum Gasteiger partial charge on any atom is 0.237 e. The number of H-pyrrole nitrogens is 1. The van der Waals surface area contributed by atoms with Crippen molar-refractivity contribution in [2.24, 2.45) is 11.1 Å². The fraction of sp³-hybridized carbons (Fsp3) is 0.583. The second-order valence-corrected chi connectivity index (χ2v) is 5.36. The van der Waals surface area contributed by atoms with Crippen molar-refractivity contribution in [1.29, 1.82) is 0 Å². The number of carbonyl (C=O) groups is 1. The number of aromatic nitrogens is 2. The summed E-state index contributed by atoms with van der Waals surface area (Å²) in [6.07, 6.45) is 3.47. The van der Waals surface area contributed by atoms with Crippen LogP contribution in [0.2, 0.25) is 0 Å². The molecule has 5 nitrogen and oxygen atoms in total. The zero-order valence-corrected chi connectivity index (χ0v) is 11.5. The van der Waals surface area contributed by atoms with Crippen molar-refractivity contribution in [3.63, 3.8) is 0 Å². The van der Waals surface area contributed by atoms with Crippen molar-refractivity contribution in [1.82, 2.24) is 10.2 Å². The van der Waals surface area contributed by atoms with Crippen molar-refractivity contribution >= 4 is 28.8 Å². The van der Waals surface area contributed by atoms with E-state index in [0.717, 1.165) is 42.8 Å². The van der Waals surface area contributed by atoms with E-state index in [9.17, 15) is 4.79 Å². The van der Waals surface area contributed by atoms with E-state index in [1.807, 2.05) is 13.8 Å². The monoisotopic (exact) mass is 266 g/mol. The molecule has 0 unspecified atom stereocenters. The quantitative estimate of drug-likeness (QED) is 0.729. The lowest BCUT2D eigenvalue weighted by molar-refractivity contribution is -0.122. The molecule has 0 radical (unpaired) electrons. The van der Waals surface area contributed by atoms with E-state index >= 15 is 0 Å². The number of hydrogen-bond donors (Lipinski definition) is 3. The number of hydrogen-bond acceptors (Lipinski definition) is 3. The van der Waals surface area contributed by atoms with Gasteiger partial charge in [0.1, 0.15) is 0 Å². The highest BCUT2D eigenvalue weighted by Crippen LogP contribution is 2.39. The van der Waals surface area contributed by atoms with Gasteiger partial charge in [0, 0.05) is 0 Å². The van der Waals surface area contributed by atoms with Gasteiger partial charge in [0.25, 0.3) is 0 Å². The number of nitrogens with two attached hydrogens (primary N) is 1. The Morgan fingerprint density at radius 1 is 1.44 bits per heavy atom. The molecule has 0 bridgehead atoms. The van der Waals surface area contributed by atoms with Gasteiger partial charge in [0.15, 0.2) is 0 Å². The lowest BCUT2D eigenvalue weighted by Gasteiger charge is -2.26. The molecule has 98 valence electrons. The second-order valence-electron chi connectivity index (χ2n) is 4.92. The predicted octanol–water partition coefficient (Wildman–Crippen LogP) is 1.81. The van der Waals surface area contributed by atoms with Gasteiger partial charge in [-0.25, -0.2) is 0 Å². The number of aryl methyl sites for hydroxylation is 2. The average molecular weight is 266 g/mol. The van der Waals surface area contributed by atoms with Crippen molar-refractivity contribution in [3.8, 4) is 0 Å². The fourth-order valence-corrected chi connectivity index (χ4v) is 2.83. The third-order valence-corrected chi connectivity index (χ3v) is 4.12. The van der Waals surface area contributed by atoms with Crippen LogP contribution in [0.1, 0.15) is 37.1 Å². The van der Waals surface area contributed by atoms with Gasteiger partial charge in [-0.2, -0.15) is 5.10 Å². The van der Waals surface area contributed by atoms with Crippen LogP contribution in [0.25, 0.3) is 0 Å². The van der Waals surface area contributed by atoms with Gasteiger partial charge in [0.2, 0.25) is 5.91 Å². The van der Waals surface area contributed by atoms with Gasteiger partial charge in [-0.05, 0) is 26.7 Å². The van der Waals surface area contributed by atoms with Crippen molar-refractivity contribution in [3.05, 3.63) is 11.4 Å². The van der Waals surface area contributed by atoms with Gasteiger partial charge in [-0.3, -0.25) is 9.89 Å². The molecule has 0 atom stereocenters. The Labute approximate surface area is 112 Å². The molecular formula is C12H18N4OS. The standard InChI is InChI=1S/C12H18N4OS/c1-7-9(8(2)16-15-7)14-11(17)12(10(13)18)5-3-4-6-12/h3-6H2,1-2H3,(H2,13,18)(H,14,17)(H,15,16). The molecule has 1 aromatic heterocycles. The summed E-state index contributed by atoms with van der Waals surface area (Å²) in [6.45, 7) is 3.72. The highest BCUT2D eigenvalue weighted by atomic mass is 32.1. The van der Waals surface area contributed by atoms with Crippen molar-refractivity contribution in [2.45, 2.75) is 39.5 Å². The van der Waals surface area contributed by atoms with Crippen LogP contribution in [0, 0.1) is 19.3 Å². The molecule has 18 heavy (non-hydrogen) atoms. The number of amides is 1. The Hall–Kier alpha value is -1.43. The first-order chi connectivity index (χ1) is 8.47. The van der Waals surface area contributed by atoms with E-state index in [1.54, 1.807) is 0 Å². The van der Waals surface area contributed by atoms with Gasteiger partial charge < -0.3 is 11.1 Å². The number of carbonyl (C=O) groups excluding carboxylic acids is 1. The lowest BCUT2D eigenvalue weighted by atomic mass is 9.85. The number of anilines is 1. The van der Waals surface area contributed by atoms with Crippen molar-refractivity contribution < 1.29 is 4.79 Å². The highest BCUT2D eigenvalue weighted by Gasteiger charge is 2.44. The normalized spacial score (nSPS) is 17.7. The van der Waals surface area contributed by atoms with Crippen molar-refractivity contribution in [2.75, 3.05) is 5.32 Å². The summed E-state index contributed by atoms with van der Waals surface area (Å²) in [5, 5.41) is 9.83. The van der Waals surface area contributed by atoms with Crippen LogP contribution in [0.3, 0.4) is 0 Å². The summed E-state index contributed by atoms with van der Waals surface area (Å²) < 4.78 is 0. The molecule has 1 saturated carbocycles. The highest BCUT2D eigenvalue weighted by molar-refractivity contribution is 7.80. The lowest BCUT2D eigenvalue weighted by Crippen LogP contribution is -2.44. The average Bonchev–Trinajstić information content (AvgIpc) is 2.91. The molecule has 6 heteroatoms. The number of nitrogens with zero attached hydrogens (tertiary/aromatic N) is 1. The predicted molar refractivity (Wildman–Crippen MR) is 74.4 cm³/mol. The molecule has 1 fully saturated rings. The first-order valence-electron chi connectivity index (χ1n) is 6.10. The Kier molecular flexibility index (Phi) is 3.38. The van der Waals surface area contributed by atoms with Gasteiger partial charge in [0.05, 0.1) is 27.5 Å². The van der Waals surface area contributed by atoms with E-state index in [2.05, 4.69) is 15.5 Å². The minimum absolute atomic E-state index is 0.0971. The topological polar surface area (TPSA) is 83.8 Å². The molecular weight excluding hydrogens is 248 g/mol. The molecule has 1 aliphatic carbocycles. The molecule has 2 rings (SSSR count). The fourth-order valence-electron chi connectivity index (χ4n) is 2.53. The third kappa shape index (κ3) is 2.01. The van der Waals surface area contributed by atoms with Gasteiger partial charge >= 0.3 is 0 Å². The molecule has 0 saturated heterocycles. The first kappa shape index (κ1) is 13.0. The van der Waals surface area contributed by atoms with E-state index in [1.165, 1.54) is 0 Å². The molecule has 4 N–H and O–H groups in total. The smallest absolute Gasteiger partial charge is 0.237 e. The Morgan fingerprint density at radius 3 is 2.50 bits per heavy atom. The molecule has 1 amide bonds. The summed E-state index contributed by atoms with van der Waals surface area (Å²) in [4.78, 5) is 12.8. The maximum atomic E-state index is 12.5. The molecule has 1 aliphatic rings. The largest absolute Gasteiger partial charge is 0.392 e. The molecule has 0 spiro atoms. The summed E-state index contributed by atoms with van der Waals surface area (Å²) in [7, 11) is 0. The second kappa shape index (κ2) is 4.68. The molecule has 1 heterocycles. The zero-order chi connectivity index (χ0) is 13.3. The van der Waals surface area contributed by atoms with Crippen LogP contribution in [-0.4, -0.2) is 21.1 Å². The maximum absolute atomic E-state index is 12.5. The SMILES string of the molecule is Cc1n[nH]c(C)c1NC(=O)C1(C(N)=S)CCCC1.